The molecule has 0 unspecified atom stereocenters. The van der Waals surface area contributed by atoms with Gasteiger partial charge in [-0.25, -0.2) is 9.97 Å². The van der Waals surface area contributed by atoms with Crippen molar-refractivity contribution in [1.82, 2.24) is 9.97 Å². The highest BCUT2D eigenvalue weighted by Gasteiger charge is 2.25. The third-order valence-corrected chi connectivity index (χ3v) is 3.94. The van der Waals surface area contributed by atoms with Crippen LogP contribution in [0.4, 0.5) is 0 Å². The summed E-state index contributed by atoms with van der Waals surface area (Å²) in [5, 5.41) is 9.42. The SMILES string of the molecule is Cc1cc(C)nc([C@H](C#N)C(=O)C[C@@H](C)c2ccccc2C)n1. The van der Waals surface area contributed by atoms with Gasteiger partial charge in [0.1, 0.15) is 0 Å². The van der Waals surface area contributed by atoms with Crippen LogP contribution in [0.2, 0.25) is 0 Å². The first-order chi connectivity index (χ1) is 10.9. The molecule has 0 aliphatic rings. The second-order valence-corrected chi connectivity index (χ2v) is 6.00. The highest BCUT2D eigenvalue weighted by Crippen LogP contribution is 2.26. The van der Waals surface area contributed by atoms with Crippen molar-refractivity contribution in [2.24, 2.45) is 0 Å². The number of nitrogens with zero attached hydrogens (tertiary/aromatic N) is 3. The molecule has 1 heterocycles. The fraction of sp³-hybridized carbons (Fsp3) is 0.368. The number of ketones is 1. The monoisotopic (exact) mass is 307 g/mol. The van der Waals surface area contributed by atoms with Crippen molar-refractivity contribution in [2.75, 3.05) is 0 Å². The third kappa shape index (κ3) is 4.01. The van der Waals surface area contributed by atoms with Crippen LogP contribution in [0, 0.1) is 32.1 Å². The Bertz CT molecular complexity index is 741. The van der Waals surface area contributed by atoms with Gasteiger partial charge < -0.3 is 0 Å². The van der Waals surface area contributed by atoms with E-state index in [1.165, 1.54) is 0 Å². The van der Waals surface area contributed by atoms with Crippen LogP contribution in [-0.2, 0) is 4.79 Å². The number of nitriles is 1. The first kappa shape index (κ1) is 16.8. The molecule has 4 nitrogen and oxygen atoms in total. The van der Waals surface area contributed by atoms with Gasteiger partial charge in [-0.1, -0.05) is 31.2 Å². The Balaban J connectivity index is 2.21. The smallest absolute Gasteiger partial charge is 0.164 e. The first-order valence-corrected chi connectivity index (χ1v) is 7.72. The van der Waals surface area contributed by atoms with Gasteiger partial charge in [0.15, 0.2) is 17.5 Å². The van der Waals surface area contributed by atoms with E-state index in [0.29, 0.717) is 12.2 Å². The van der Waals surface area contributed by atoms with Crippen molar-refractivity contribution >= 4 is 5.78 Å². The molecule has 0 N–H and O–H groups in total. The quantitative estimate of drug-likeness (QED) is 0.843. The van der Waals surface area contributed by atoms with Gasteiger partial charge in [0.25, 0.3) is 0 Å². The summed E-state index contributed by atoms with van der Waals surface area (Å²) in [5.74, 6) is -0.661. The Morgan fingerprint density at radius 2 is 1.78 bits per heavy atom. The summed E-state index contributed by atoms with van der Waals surface area (Å²) in [4.78, 5) is 21.1. The summed E-state index contributed by atoms with van der Waals surface area (Å²) in [6.45, 7) is 7.72. The number of carbonyl (C=O) groups excluding carboxylic acids is 1. The number of rotatable bonds is 5. The van der Waals surface area contributed by atoms with E-state index >= 15 is 0 Å². The van der Waals surface area contributed by atoms with Crippen molar-refractivity contribution in [3.63, 3.8) is 0 Å². The number of aromatic nitrogens is 2. The standard InChI is InChI=1S/C19H21N3O/c1-12-7-5-6-8-16(12)13(2)9-18(23)17(11-20)19-21-14(3)10-15(4)22-19/h5-8,10,13,17H,9H2,1-4H3/t13-,17-/m1/s1. The fourth-order valence-corrected chi connectivity index (χ4v) is 2.83. The molecular formula is C19H21N3O. The highest BCUT2D eigenvalue weighted by molar-refractivity contribution is 5.88. The number of aryl methyl sites for hydroxylation is 3. The zero-order chi connectivity index (χ0) is 17.0. The minimum atomic E-state index is -0.903. The fourth-order valence-electron chi connectivity index (χ4n) is 2.83. The molecule has 0 aliphatic heterocycles. The Morgan fingerprint density at radius 3 is 2.35 bits per heavy atom. The molecule has 1 aromatic heterocycles. The summed E-state index contributed by atoms with van der Waals surface area (Å²) >= 11 is 0. The average Bonchev–Trinajstić information content (AvgIpc) is 2.47. The summed E-state index contributed by atoms with van der Waals surface area (Å²) < 4.78 is 0. The van der Waals surface area contributed by atoms with Gasteiger partial charge in [-0.3, -0.25) is 4.79 Å². The summed E-state index contributed by atoms with van der Waals surface area (Å²) in [6.07, 6.45) is 0.305. The molecule has 0 spiro atoms. The molecule has 23 heavy (non-hydrogen) atoms. The lowest BCUT2D eigenvalue weighted by molar-refractivity contribution is -0.119. The van der Waals surface area contributed by atoms with Gasteiger partial charge in [0.05, 0.1) is 6.07 Å². The lowest BCUT2D eigenvalue weighted by atomic mass is 9.88. The average molecular weight is 307 g/mol. The molecule has 0 radical (unpaired) electrons. The van der Waals surface area contributed by atoms with Crippen LogP contribution in [-0.4, -0.2) is 15.8 Å². The van der Waals surface area contributed by atoms with Crippen molar-refractivity contribution in [3.05, 3.63) is 58.7 Å². The lowest BCUT2D eigenvalue weighted by Crippen LogP contribution is -2.17. The van der Waals surface area contributed by atoms with Crippen LogP contribution < -0.4 is 0 Å². The Labute approximate surface area is 137 Å². The van der Waals surface area contributed by atoms with Crippen LogP contribution in [0.15, 0.2) is 30.3 Å². The van der Waals surface area contributed by atoms with Gasteiger partial charge in [-0.2, -0.15) is 5.26 Å². The molecule has 118 valence electrons. The van der Waals surface area contributed by atoms with Gasteiger partial charge in [-0.15, -0.1) is 0 Å². The molecule has 0 bridgehead atoms. The van der Waals surface area contributed by atoms with E-state index in [1.807, 2.05) is 58.0 Å². The van der Waals surface area contributed by atoms with Crippen molar-refractivity contribution in [3.8, 4) is 6.07 Å². The molecule has 4 heteroatoms. The van der Waals surface area contributed by atoms with Crippen LogP contribution in [0.1, 0.15) is 53.5 Å². The number of carbonyl (C=O) groups is 1. The van der Waals surface area contributed by atoms with E-state index in [4.69, 9.17) is 0 Å². The van der Waals surface area contributed by atoms with Crippen LogP contribution in [0.25, 0.3) is 0 Å². The molecule has 0 saturated heterocycles. The molecule has 0 fully saturated rings. The van der Waals surface area contributed by atoms with Gasteiger partial charge in [0.2, 0.25) is 0 Å². The number of Topliss-reactive ketones (excluding diaryl/α,β-unsaturated/α-hetero) is 1. The summed E-state index contributed by atoms with van der Waals surface area (Å²) in [6, 6.07) is 11.9. The number of hydrogen-bond donors (Lipinski definition) is 0. The zero-order valence-electron chi connectivity index (χ0n) is 14.0. The van der Waals surface area contributed by atoms with E-state index in [9.17, 15) is 10.1 Å². The van der Waals surface area contributed by atoms with Crippen LogP contribution in [0.5, 0.6) is 0 Å². The second-order valence-electron chi connectivity index (χ2n) is 6.00. The molecule has 0 aliphatic carbocycles. The van der Waals surface area contributed by atoms with Crippen LogP contribution >= 0.6 is 0 Å². The van der Waals surface area contributed by atoms with E-state index in [-0.39, 0.29) is 11.7 Å². The Kier molecular flexibility index (Phi) is 5.23. The van der Waals surface area contributed by atoms with Gasteiger partial charge in [0, 0.05) is 17.8 Å². The maximum atomic E-state index is 12.6. The topological polar surface area (TPSA) is 66.6 Å². The largest absolute Gasteiger partial charge is 0.298 e. The molecule has 2 atom stereocenters. The predicted octanol–water partition coefficient (Wildman–Crippen LogP) is 3.77. The number of benzene rings is 1. The third-order valence-electron chi connectivity index (χ3n) is 3.94. The molecular weight excluding hydrogens is 286 g/mol. The molecule has 1 aromatic carbocycles. The van der Waals surface area contributed by atoms with E-state index < -0.39 is 5.92 Å². The van der Waals surface area contributed by atoms with E-state index in [2.05, 4.69) is 16.0 Å². The summed E-state index contributed by atoms with van der Waals surface area (Å²) in [7, 11) is 0. The Hall–Kier alpha value is -2.54. The summed E-state index contributed by atoms with van der Waals surface area (Å²) in [5.41, 5.74) is 3.84. The maximum absolute atomic E-state index is 12.6. The van der Waals surface area contributed by atoms with E-state index in [0.717, 1.165) is 22.5 Å². The van der Waals surface area contributed by atoms with Crippen molar-refractivity contribution in [2.45, 2.75) is 46.0 Å². The number of hydrogen-bond acceptors (Lipinski definition) is 4. The van der Waals surface area contributed by atoms with Crippen molar-refractivity contribution < 1.29 is 4.79 Å². The lowest BCUT2D eigenvalue weighted by Gasteiger charge is -2.15. The second kappa shape index (κ2) is 7.15. The normalized spacial score (nSPS) is 13.2. The molecule has 2 aromatic rings. The minimum Gasteiger partial charge on any atom is -0.298 e. The molecule has 0 saturated carbocycles. The minimum absolute atomic E-state index is 0.0606. The van der Waals surface area contributed by atoms with Crippen LogP contribution in [0.3, 0.4) is 0 Å². The Morgan fingerprint density at radius 1 is 1.17 bits per heavy atom. The highest BCUT2D eigenvalue weighted by atomic mass is 16.1. The van der Waals surface area contributed by atoms with Crippen molar-refractivity contribution in [1.29, 1.82) is 5.26 Å². The van der Waals surface area contributed by atoms with E-state index in [1.54, 1.807) is 0 Å². The predicted molar refractivity (Wildman–Crippen MR) is 89.1 cm³/mol. The molecule has 2 rings (SSSR count). The first-order valence-electron chi connectivity index (χ1n) is 7.72. The van der Waals surface area contributed by atoms with Gasteiger partial charge in [-0.05, 0) is 43.9 Å². The molecule has 0 amide bonds. The zero-order valence-corrected chi connectivity index (χ0v) is 14.0. The van der Waals surface area contributed by atoms with Gasteiger partial charge >= 0.3 is 0 Å². The maximum Gasteiger partial charge on any atom is 0.164 e.